The predicted molar refractivity (Wildman–Crippen MR) is 131 cm³/mol. The Labute approximate surface area is 199 Å². The first-order valence-electron chi connectivity index (χ1n) is 11.3. The number of nitrogens with zero attached hydrogens (tertiary/aromatic N) is 4. The molecule has 3 aromatic rings. The standard InChI is InChI=1S/C24H30N6O3S/c1-23(2,3)29(4)34(32,33)18-9-7-17(8-10-18)27-21-20-19(11-16-26-22(20)31)30(28-21)24(14-15-25)12-5-6-13-24/h7-11,16H,5-6,12-14H2,1-4H3,(H,26,31)(H,27,28). The van der Waals surface area contributed by atoms with Gasteiger partial charge in [0.25, 0.3) is 5.56 Å². The number of aromatic amines is 1. The summed E-state index contributed by atoms with van der Waals surface area (Å²) in [7, 11) is -2.09. The van der Waals surface area contributed by atoms with Crippen LogP contribution in [0, 0.1) is 11.3 Å². The Bertz CT molecular complexity index is 1400. The fourth-order valence-corrected chi connectivity index (χ4v) is 6.05. The van der Waals surface area contributed by atoms with Crippen LogP contribution in [0.5, 0.6) is 0 Å². The van der Waals surface area contributed by atoms with Gasteiger partial charge in [0.15, 0.2) is 5.82 Å². The van der Waals surface area contributed by atoms with Gasteiger partial charge in [0.1, 0.15) is 5.39 Å². The first-order valence-corrected chi connectivity index (χ1v) is 12.8. The average molecular weight is 483 g/mol. The number of hydrogen-bond donors (Lipinski definition) is 2. The highest BCUT2D eigenvalue weighted by Crippen LogP contribution is 2.41. The number of rotatable bonds is 6. The molecule has 34 heavy (non-hydrogen) atoms. The third-order valence-corrected chi connectivity index (χ3v) is 8.85. The topological polar surface area (TPSA) is 124 Å². The van der Waals surface area contributed by atoms with Gasteiger partial charge in [0.2, 0.25) is 10.0 Å². The van der Waals surface area contributed by atoms with Crippen LogP contribution in [0.2, 0.25) is 0 Å². The molecular weight excluding hydrogens is 452 g/mol. The maximum absolute atomic E-state index is 12.9. The first kappa shape index (κ1) is 24.0. The molecule has 4 rings (SSSR count). The second-order valence-corrected chi connectivity index (χ2v) is 11.9. The number of benzene rings is 1. The Morgan fingerprint density at radius 2 is 1.85 bits per heavy atom. The van der Waals surface area contributed by atoms with Crippen molar-refractivity contribution in [3.05, 3.63) is 46.9 Å². The van der Waals surface area contributed by atoms with Crippen molar-refractivity contribution in [3.8, 4) is 6.07 Å². The summed E-state index contributed by atoms with van der Waals surface area (Å²) in [6, 6.07) is 10.5. The van der Waals surface area contributed by atoms with Crippen molar-refractivity contribution in [1.29, 1.82) is 5.26 Å². The molecule has 0 spiro atoms. The van der Waals surface area contributed by atoms with E-state index in [1.807, 2.05) is 31.5 Å². The minimum Gasteiger partial charge on any atom is -0.338 e. The number of aromatic nitrogens is 3. The van der Waals surface area contributed by atoms with Gasteiger partial charge in [-0.2, -0.15) is 14.7 Å². The van der Waals surface area contributed by atoms with Crippen LogP contribution in [0.15, 0.2) is 46.2 Å². The molecule has 0 unspecified atom stereocenters. The van der Waals surface area contributed by atoms with Crippen LogP contribution in [0.25, 0.3) is 10.9 Å². The Kier molecular flexibility index (Phi) is 6.04. The van der Waals surface area contributed by atoms with Gasteiger partial charge in [-0.25, -0.2) is 8.42 Å². The molecule has 0 amide bonds. The molecule has 180 valence electrons. The zero-order valence-corrected chi connectivity index (χ0v) is 20.7. The van der Waals surface area contributed by atoms with Crippen LogP contribution in [0.3, 0.4) is 0 Å². The van der Waals surface area contributed by atoms with Crippen molar-refractivity contribution in [2.24, 2.45) is 0 Å². The smallest absolute Gasteiger partial charge is 0.261 e. The second kappa shape index (κ2) is 8.56. The van der Waals surface area contributed by atoms with E-state index in [0.717, 1.165) is 25.7 Å². The molecule has 0 saturated heterocycles. The lowest BCUT2D eigenvalue weighted by Gasteiger charge is -2.30. The number of H-pyrrole nitrogens is 1. The lowest BCUT2D eigenvalue weighted by atomic mass is 9.94. The Morgan fingerprint density at radius 3 is 2.44 bits per heavy atom. The summed E-state index contributed by atoms with van der Waals surface area (Å²) in [6.45, 7) is 5.51. The van der Waals surface area contributed by atoms with Crippen molar-refractivity contribution >= 4 is 32.4 Å². The van der Waals surface area contributed by atoms with Gasteiger partial charge in [-0.3, -0.25) is 9.48 Å². The third-order valence-electron chi connectivity index (χ3n) is 6.72. The minimum atomic E-state index is -3.65. The number of nitriles is 1. The Morgan fingerprint density at radius 1 is 1.21 bits per heavy atom. The monoisotopic (exact) mass is 482 g/mol. The first-order chi connectivity index (χ1) is 16.0. The van der Waals surface area contributed by atoms with E-state index in [-0.39, 0.29) is 10.5 Å². The van der Waals surface area contributed by atoms with E-state index in [9.17, 15) is 18.5 Å². The van der Waals surface area contributed by atoms with E-state index in [2.05, 4.69) is 16.4 Å². The fraction of sp³-hybridized carbons (Fsp3) is 0.458. The highest BCUT2D eigenvalue weighted by molar-refractivity contribution is 7.89. The lowest BCUT2D eigenvalue weighted by molar-refractivity contribution is 0.280. The van der Waals surface area contributed by atoms with E-state index < -0.39 is 21.1 Å². The molecular formula is C24H30N6O3S. The van der Waals surface area contributed by atoms with Crippen molar-refractivity contribution in [3.63, 3.8) is 0 Å². The maximum atomic E-state index is 12.9. The highest BCUT2D eigenvalue weighted by Gasteiger charge is 2.38. The van der Waals surface area contributed by atoms with Gasteiger partial charge in [0.05, 0.1) is 28.4 Å². The molecule has 1 fully saturated rings. The van der Waals surface area contributed by atoms with E-state index in [1.165, 1.54) is 16.4 Å². The van der Waals surface area contributed by atoms with Gasteiger partial charge in [-0.05, 0) is 63.9 Å². The number of sulfonamides is 1. The molecule has 9 nitrogen and oxygen atoms in total. The van der Waals surface area contributed by atoms with Crippen LogP contribution in [0.1, 0.15) is 52.9 Å². The molecule has 2 heterocycles. The largest absolute Gasteiger partial charge is 0.338 e. The normalized spacial score (nSPS) is 16.1. The zero-order chi connectivity index (χ0) is 24.7. The summed E-state index contributed by atoms with van der Waals surface area (Å²) in [6.07, 6.45) is 5.59. The fourth-order valence-electron chi connectivity index (χ4n) is 4.54. The van der Waals surface area contributed by atoms with Crippen LogP contribution in [-0.2, 0) is 15.6 Å². The number of pyridine rings is 1. The highest BCUT2D eigenvalue weighted by atomic mass is 32.2. The molecule has 0 radical (unpaired) electrons. The Balaban J connectivity index is 1.73. The van der Waals surface area contributed by atoms with Crippen molar-refractivity contribution in [2.75, 3.05) is 12.4 Å². The molecule has 2 aromatic heterocycles. The summed E-state index contributed by atoms with van der Waals surface area (Å²) in [5.74, 6) is 0.378. The van der Waals surface area contributed by atoms with Gasteiger partial charge in [-0.1, -0.05) is 12.8 Å². The number of hydrogen-bond acceptors (Lipinski definition) is 6. The Hall–Kier alpha value is -3.16. The number of anilines is 2. The van der Waals surface area contributed by atoms with E-state index in [0.29, 0.717) is 28.8 Å². The van der Waals surface area contributed by atoms with E-state index >= 15 is 0 Å². The van der Waals surface area contributed by atoms with Crippen LogP contribution in [0.4, 0.5) is 11.5 Å². The summed E-state index contributed by atoms with van der Waals surface area (Å²) >= 11 is 0. The summed E-state index contributed by atoms with van der Waals surface area (Å²) < 4.78 is 29.0. The number of nitrogens with one attached hydrogen (secondary N) is 2. The summed E-state index contributed by atoms with van der Waals surface area (Å²) in [4.78, 5) is 15.6. The van der Waals surface area contributed by atoms with Gasteiger partial charge in [-0.15, -0.1) is 0 Å². The molecule has 1 aliphatic carbocycles. The summed E-state index contributed by atoms with van der Waals surface area (Å²) in [5.41, 5.74) is 0.0166. The molecule has 1 saturated carbocycles. The quantitative estimate of drug-likeness (QED) is 0.546. The maximum Gasteiger partial charge on any atom is 0.261 e. The van der Waals surface area contributed by atoms with Crippen molar-refractivity contribution in [1.82, 2.24) is 19.1 Å². The molecule has 10 heteroatoms. The van der Waals surface area contributed by atoms with Crippen LogP contribution in [-0.4, -0.2) is 40.1 Å². The molecule has 0 bridgehead atoms. The third kappa shape index (κ3) is 4.10. The van der Waals surface area contributed by atoms with Crippen molar-refractivity contribution in [2.45, 2.75) is 68.8 Å². The molecule has 0 aliphatic heterocycles. The van der Waals surface area contributed by atoms with Gasteiger partial charge < -0.3 is 10.3 Å². The minimum absolute atomic E-state index is 0.183. The summed E-state index contributed by atoms with van der Waals surface area (Å²) in [5, 5.41) is 17.8. The van der Waals surface area contributed by atoms with E-state index in [4.69, 9.17) is 5.10 Å². The van der Waals surface area contributed by atoms with Crippen molar-refractivity contribution < 1.29 is 8.42 Å². The zero-order valence-electron chi connectivity index (χ0n) is 19.9. The second-order valence-electron chi connectivity index (χ2n) is 9.89. The average Bonchev–Trinajstić information content (AvgIpc) is 3.40. The molecule has 1 aliphatic rings. The van der Waals surface area contributed by atoms with Crippen LogP contribution >= 0.6 is 0 Å². The molecule has 1 aromatic carbocycles. The van der Waals surface area contributed by atoms with E-state index in [1.54, 1.807) is 25.4 Å². The van der Waals surface area contributed by atoms with Gasteiger partial charge >= 0.3 is 0 Å². The number of fused-ring (bicyclic) bond motifs is 1. The molecule has 2 N–H and O–H groups in total. The SMILES string of the molecule is CN(C(C)(C)C)S(=O)(=O)c1ccc(Nc2nn(C3(CC#N)CCCC3)c3cc[nH]c(=O)c23)cc1. The lowest BCUT2D eigenvalue weighted by Crippen LogP contribution is -2.42. The molecule has 0 atom stereocenters. The van der Waals surface area contributed by atoms with Gasteiger partial charge in [0, 0.05) is 24.5 Å². The predicted octanol–water partition coefficient (Wildman–Crippen LogP) is 4.07. The van der Waals surface area contributed by atoms with Crippen LogP contribution < -0.4 is 10.9 Å².